The molecule has 0 aromatic carbocycles. The van der Waals surface area contributed by atoms with Gasteiger partial charge in [0.05, 0.1) is 12.3 Å². The highest BCUT2D eigenvalue weighted by Crippen LogP contribution is 2.14. The number of carbonyl (C=O) groups excluding carboxylic acids is 2. The first-order chi connectivity index (χ1) is 11.2. The molecule has 2 heterocycles. The summed E-state index contributed by atoms with van der Waals surface area (Å²) >= 11 is 1.33. The number of thioether (sulfide) groups is 1. The zero-order chi connectivity index (χ0) is 17.7. The molecule has 1 aliphatic heterocycles. The predicted octanol–water partition coefficient (Wildman–Crippen LogP) is -0.639. The molecule has 1 fully saturated rings. The van der Waals surface area contributed by atoms with Crippen LogP contribution in [0.1, 0.15) is 20.8 Å². The third-order valence-corrected chi connectivity index (χ3v) is 4.51. The second-order valence-electron chi connectivity index (χ2n) is 6.83. The highest BCUT2D eigenvalue weighted by molar-refractivity contribution is 7.99. The molecule has 10 heteroatoms. The maximum Gasteiger partial charge on any atom is 0.234 e. The van der Waals surface area contributed by atoms with Crippen molar-refractivity contribution < 1.29 is 9.59 Å². The Morgan fingerprint density at radius 1 is 1.21 bits per heavy atom. The SMILES string of the molecule is Cn1nnnc1SCC(=O)N1CCN(CC(=O)NC(C)(C)C)CC1. The lowest BCUT2D eigenvalue weighted by atomic mass is 10.1. The lowest BCUT2D eigenvalue weighted by molar-refractivity contribution is -0.130. The average Bonchev–Trinajstić information content (AvgIpc) is 2.89. The number of rotatable bonds is 5. The molecule has 0 bridgehead atoms. The second-order valence-corrected chi connectivity index (χ2v) is 7.77. The molecule has 0 aliphatic carbocycles. The van der Waals surface area contributed by atoms with Gasteiger partial charge >= 0.3 is 0 Å². The summed E-state index contributed by atoms with van der Waals surface area (Å²) in [6.07, 6.45) is 0. The average molecular weight is 355 g/mol. The van der Waals surface area contributed by atoms with Crippen LogP contribution in [0.25, 0.3) is 0 Å². The monoisotopic (exact) mass is 355 g/mol. The van der Waals surface area contributed by atoms with E-state index in [1.54, 1.807) is 11.7 Å². The Hall–Kier alpha value is -1.68. The molecule has 0 unspecified atom stereocenters. The van der Waals surface area contributed by atoms with Crippen LogP contribution in [-0.4, -0.2) is 85.8 Å². The number of hydrogen-bond donors (Lipinski definition) is 1. The minimum atomic E-state index is -0.221. The largest absolute Gasteiger partial charge is 0.350 e. The van der Waals surface area contributed by atoms with E-state index in [9.17, 15) is 9.59 Å². The van der Waals surface area contributed by atoms with Crippen LogP contribution in [0.15, 0.2) is 5.16 Å². The van der Waals surface area contributed by atoms with E-state index in [0.717, 1.165) is 0 Å². The van der Waals surface area contributed by atoms with Crippen molar-refractivity contribution in [2.45, 2.75) is 31.5 Å². The van der Waals surface area contributed by atoms with E-state index in [4.69, 9.17) is 0 Å². The van der Waals surface area contributed by atoms with Gasteiger partial charge in [-0.05, 0) is 31.2 Å². The zero-order valence-corrected chi connectivity index (χ0v) is 15.5. The molecule has 0 radical (unpaired) electrons. The summed E-state index contributed by atoms with van der Waals surface area (Å²) in [5, 5.41) is 14.7. The van der Waals surface area contributed by atoms with Gasteiger partial charge in [0.2, 0.25) is 17.0 Å². The van der Waals surface area contributed by atoms with Crippen molar-refractivity contribution in [3.8, 4) is 0 Å². The number of nitrogens with zero attached hydrogens (tertiary/aromatic N) is 6. The Morgan fingerprint density at radius 2 is 1.88 bits per heavy atom. The first-order valence-corrected chi connectivity index (χ1v) is 8.89. The Morgan fingerprint density at radius 3 is 2.42 bits per heavy atom. The maximum atomic E-state index is 12.3. The topological polar surface area (TPSA) is 96.2 Å². The molecule has 1 aromatic rings. The second kappa shape index (κ2) is 7.93. The molecule has 9 nitrogen and oxygen atoms in total. The molecule has 0 spiro atoms. The lowest BCUT2D eigenvalue weighted by Gasteiger charge is -2.34. The first kappa shape index (κ1) is 18.7. The van der Waals surface area contributed by atoms with E-state index in [1.165, 1.54) is 11.8 Å². The molecule has 1 aromatic heterocycles. The number of carbonyl (C=O) groups is 2. The quantitative estimate of drug-likeness (QED) is 0.702. The molecule has 0 saturated carbocycles. The fourth-order valence-electron chi connectivity index (χ4n) is 2.38. The molecular formula is C14H25N7O2S. The third kappa shape index (κ3) is 5.75. The fourth-order valence-corrected chi connectivity index (χ4v) is 3.13. The van der Waals surface area contributed by atoms with Crippen molar-refractivity contribution in [2.24, 2.45) is 7.05 Å². The highest BCUT2D eigenvalue weighted by Gasteiger charge is 2.24. The number of amides is 2. The number of piperazine rings is 1. The molecule has 134 valence electrons. The summed E-state index contributed by atoms with van der Waals surface area (Å²) in [7, 11) is 1.74. The van der Waals surface area contributed by atoms with Crippen LogP contribution in [0.5, 0.6) is 0 Å². The van der Waals surface area contributed by atoms with Crippen molar-refractivity contribution in [2.75, 3.05) is 38.5 Å². The van der Waals surface area contributed by atoms with Gasteiger partial charge in [-0.25, -0.2) is 4.68 Å². The number of hydrogen-bond acceptors (Lipinski definition) is 7. The van der Waals surface area contributed by atoms with Crippen LogP contribution < -0.4 is 5.32 Å². The molecule has 1 saturated heterocycles. The molecular weight excluding hydrogens is 330 g/mol. The minimum absolute atomic E-state index is 0.0209. The van der Waals surface area contributed by atoms with Crippen molar-refractivity contribution in [1.29, 1.82) is 0 Å². The number of tetrazole rings is 1. The Labute approximate surface area is 146 Å². The van der Waals surface area contributed by atoms with Gasteiger partial charge in [-0.1, -0.05) is 11.8 Å². The van der Waals surface area contributed by atoms with Crippen LogP contribution >= 0.6 is 11.8 Å². The van der Waals surface area contributed by atoms with Gasteiger partial charge in [0.1, 0.15) is 0 Å². The van der Waals surface area contributed by atoms with Gasteiger partial charge in [-0.15, -0.1) is 5.10 Å². The van der Waals surface area contributed by atoms with Crippen LogP contribution in [-0.2, 0) is 16.6 Å². The number of aromatic nitrogens is 4. The first-order valence-electron chi connectivity index (χ1n) is 7.91. The Kier molecular flexibility index (Phi) is 6.16. The predicted molar refractivity (Wildman–Crippen MR) is 90.4 cm³/mol. The molecule has 1 N–H and O–H groups in total. The number of aryl methyl sites for hydroxylation is 1. The van der Waals surface area contributed by atoms with Gasteiger partial charge in [-0.2, -0.15) is 0 Å². The summed E-state index contributed by atoms with van der Waals surface area (Å²) in [4.78, 5) is 28.1. The Bertz CT molecular complexity index is 576. The van der Waals surface area contributed by atoms with E-state index in [2.05, 4.69) is 25.7 Å². The third-order valence-electron chi connectivity index (χ3n) is 3.51. The molecule has 24 heavy (non-hydrogen) atoms. The van der Waals surface area contributed by atoms with Gasteiger partial charge in [0, 0.05) is 38.8 Å². The van der Waals surface area contributed by atoms with Gasteiger partial charge in [-0.3, -0.25) is 14.5 Å². The summed E-state index contributed by atoms with van der Waals surface area (Å²) in [5.41, 5.74) is -0.221. The minimum Gasteiger partial charge on any atom is -0.350 e. The summed E-state index contributed by atoms with van der Waals surface area (Å²) in [5.74, 6) is 0.410. The van der Waals surface area contributed by atoms with E-state index in [1.807, 2.05) is 25.7 Å². The van der Waals surface area contributed by atoms with Gasteiger partial charge in [0.25, 0.3) is 0 Å². The van der Waals surface area contributed by atoms with Crippen LogP contribution in [0.2, 0.25) is 0 Å². The van der Waals surface area contributed by atoms with Gasteiger partial charge in [0.15, 0.2) is 0 Å². The van der Waals surface area contributed by atoms with Crippen molar-refractivity contribution in [1.82, 2.24) is 35.3 Å². The van der Waals surface area contributed by atoms with Crippen molar-refractivity contribution in [3.05, 3.63) is 0 Å². The maximum absolute atomic E-state index is 12.3. The van der Waals surface area contributed by atoms with E-state index in [0.29, 0.717) is 43.6 Å². The molecule has 1 aliphatic rings. The summed E-state index contributed by atoms with van der Waals surface area (Å²) < 4.78 is 1.55. The van der Waals surface area contributed by atoms with Crippen molar-refractivity contribution in [3.63, 3.8) is 0 Å². The van der Waals surface area contributed by atoms with E-state index < -0.39 is 0 Å². The van der Waals surface area contributed by atoms with Gasteiger partial charge < -0.3 is 10.2 Å². The Balaban J connectivity index is 1.71. The summed E-state index contributed by atoms with van der Waals surface area (Å²) in [6, 6.07) is 0. The van der Waals surface area contributed by atoms with Crippen LogP contribution in [0.3, 0.4) is 0 Å². The smallest absolute Gasteiger partial charge is 0.234 e. The molecule has 2 rings (SSSR count). The number of nitrogens with one attached hydrogen (secondary N) is 1. The lowest BCUT2D eigenvalue weighted by Crippen LogP contribution is -2.53. The van der Waals surface area contributed by atoms with Crippen LogP contribution in [0, 0.1) is 0 Å². The molecule has 2 amide bonds. The van der Waals surface area contributed by atoms with E-state index >= 15 is 0 Å². The normalized spacial score (nSPS) is 16.2. The zero-order valence-electron chi connectivity index (χ0n) is 14.7. The summed E-state index contributed by atoms with van der Waals surface area (Å²) in [6.45, 7) is 8.96. The van der Waals surface area contributed by atoms with Crippen LogP contribution in [0.4, 0.5) is 0 Å². The standard InChI is InChI=1S/C14H25N7O2S/c1-14(2,3)15-11(22)9-20-5-7-21(8-6-20)12(23)10-24-13-16-17-18-19(13)4/h5-10H2,1-4H3,(H,15,22). The van der Waals surface area contributed by atoms with E-state index in [-0.39, 0.29) is 17.4 Å². The van der Waals surface area contributed by atoms with Crippen molar-refractivity contribution >= 4 is 23.6 Å². The molecule has 0 atom stereocenters. The fraction of sp³-hybridized carbons (Fsp3) is 0.786. The highest BCUT2D eigenvalue weighted by atomic mass is 32.2.